The quantitative estimate of drug-likeness (QED) is 0.889. The van der Waals surface area contributed by atoms with E-state index in [-0.39, 0.29) is 11.3 Å². The van der Waals surface area contributed by atoms with E-state index in [1.54, 1.807) is 30.1 Å². The molecule has 3 N–H and O–H groups in total. The van der Waals surface area contributed by atoms with E-state index >= 15 is 0 Å². The fourth-order valence-electron chi connectivity index (χ4n) is 2.18. The molecule has 0 aliphatic carbocycles. The molecule has 0 fully saturated rings. The molecular weight excluding hydrogens is 300 g/mol. The SMILES string of the molecule is CN(CC(C)(C)CN)C(=O)c1cc(-c2ccc(Cl)cc2)n[nH]1. The Morgan fingerprint density at radius 2 is 2.00 bits per heavy atom. The standard InChI is InChI=1S/C16H21ClN4O/c1-16(2,9-18)10-21(3)15(22)14-8-13(19-20-14)11-4-6-12(17)7-5-11/h4-8H,9-10,18H2,1-3H3,(H,19,20). The number of rotatable bonds is 5. The molecule has 0 aliphatic rings. The highest BCUT2D eigenvalue weighted by Crippen LogP contribution is 2.21. The summed E-state index contributed by atoms with van der Waals surface area (Å²) in [5.41, 5.74) is 7.68. The van der Waals surface area contributed by atoms with Gasteiger partial charge in [-0.3, -0.25) is 9.89 Å². The Kier molecular flexibility index (Phi) is 4.88. The van der Waals surface area contributed by atoms with Gasteiger partial charge < -0.3 is 10.6 Å². The number of nitrogens with zero attached hydrogens (tertiary/aromatic N) is 2. The predicted molar refractivity (Wildman–Crippen MR) is 88.8 cm³/mol. The minimum atomic E-state index is -0.122. The van der Waals surface area contributed by atoms with Crippen molar-refractivity contribution in [3.05, 3.63) is 41.0 Å². The van der Waals surface area contributed by atoms with Crippen molar-refractivity contribution >= 4 is 17.5 Å². The summed E-state index contributed by atoms with van der Waals surface area (Å²) in [7, 11) is 1.77. The second-order valence-corrected chi connectivity index (χ2v) is 6.64. The van der Waals surface area contributed by atoms with Crippen molar-refractivity contribution in [1.82, 2.24) is 15.1 Å². The van der Waals surface area contributed by atoms with Gasteiger partial charge in [-0.1, -0.05) is 37.6 Å². The van der Waals surface area contributed by atoms with Crippen molar-refractivity contribution < 1.29 is 4.79 Å². The smallest absolute Gasteiger partial charge is 0.271 e. The van der Waals surface area contributed by atoms with E-state index in [0.717, 1.165) is 5.56 Å². The fourth-order valence-corrected chi connectivity index (χ4v) is 2.31. The molecule has 0 spiro atoms. The molecule has 0 saturated carbocycles. The molecule has 5 nitrogen and oxygen atoms in total. The maximum absolute atomic E-state index is 12.4. The van der Waals surface area contributed by atoms with Gasteiger partial charge in [-0.25, -0.2) is 0 Å². The summed E-state index contributed by atoms with van der Waals surface area (Å²) in [6.07, 6.45) is 0. The fraction of sp³-hybridized carbons (Fsp3) is 0.375. The van der Waals surface area contributed by atoms with Gasteiger partial charge >= 0.3 is 0 Å². The largest absolute Gasteiger partial charge is 0.340 e. The lowest BCUT2D eigenvalue weighted by atomic mass is 9.93. The predicted octanol–water partition coefficient (Wildman–Crippen LogP) is 2.79. The van der Waals surface area contributed by atoms with Crippen LogP contribution in [0.1, 0.15) is 24.3 Å². The molecule has 0 atom stereocenters. The van der Waals surface area contributed by atoms with Crippen LogP contribution >= 0.6 is 11.6 Å². The summed E-state index contributed by atoms with van der Waals surface area (Å²) in [6.45, 7) is 5.16. The van der Waals surface area contributed by atoms with Crippen molar-refractivity contribution in [2.24, 2.45) is 11.1 Å². The van der Waals surface area contributed by atoms with Crippen LogP contribution < -0.4 is 5.73 Å². The van der Waals surface area contributed by atoms with Crippen LogP contribution in [0.2, 0.25) is 5.02 Å². The average molecular weight is 321 g/mol. The van der Waals surface area contributed by atoms with E-state index in [1.165, 1.54) is 0 Å². The van der Waals surface area contributed by atoms with Gasteiger partial charge in [0.05, 0.1) is 5.69 Å². The monoisotopic (exact) mass is 320 g/mol. The van der Waals surface area contributed by atoms with Gasteiger partial charge in [-0.05, 0) is 30.2 Å². The Balaban J connectivity index is 2.13. The van der Waals surface area contributed by atoms with E-state index in [0.29, 0.717) is 29.5 Å². The maximum Gasteiger partial charge on any atom is 0.271 e. The Bertz CT molecular complexity index is 648. The number of nitrogens with one attached hydrogen (secondary N) is 1. The number of H-pyrrole nitrogens is 1. The second kappa shape index (κ2) is 6.50. The van der Waals surface area contributed by atoms with E-state index in [4.69, 9.17) is 17.3 Å². The lowest BCUT2D eigenvalue weighted by Crippen LogP contribution is -2.39. The number of carbonyl (C=O) groups is 1. The van der Waals surface area contributed by atoms with Crippen molar-refractivity contribution in [3.63, 3.8) is 0 Å². The number of benzene rings is 1. The number of halogens is 1. The summed E-state index contributed by atoms with van der Waals surface area (Å²) >= 11 is 5.87. The lowest BCUT2D eigenvalue weighted by molar-refractivity contribution is 0.0734. The van der Waals surface area contributed by atoms with Crippen molar-refractivity contribution in [1.29, 1.82) is 0 Å². The van der Waals surface area contributed by atoms with E-state index in [2.05, 4.69) is 10.2 Å². The number of amides is 1. The molecule has 6 heteroatoms. The minimum Gasteiger partial charge on any atom is -0.340 e. The highest BCUT2D eigenvalue weighted by Gasteiger charge is 2.23. The summed E-state index contributed by atoms with van der Waals surface area (Å²) in [5, 5.41) is 7.66. The number of hydrogen-bond donors (Lipinski definition) is 2. The van der Waals surface area contributed by atoms with Crippen LogP contribution in [0.4, 0.5) is 0 Å². The van der Waals surface area contributed by atoms with Gasteiger partial charge in [-0.15, -0.1) is 0 Å². The van der Waals surface area contributed by atoms with Crippen LogP contribution in [0, 0.1) is 5.41 Å². The Labute approximate surface area is 135 Å². The van der Waals surface area contributed by atoms with Crippen LogP contribution in [0.25, 0.3) is 11.3 Å². The molecule has 1 aromatic heterocycles. The van der Waals surface area contributed by atoms with Crippen LogP contribution in [-0.4, -0.2) is 41.1 Å². The number of nitrogens with two attached hydrogens (primary N) is 1. The van der Waals surface area contributed by atoms with E-state index in [1.807, 2.05) is 26.0 Å². The highest BCUT2D eigenvalue weighted by atomic mass is 35.5. The molecule has 0 unspecified atom stereocenters. The third-order valence-corrected chi connectivity index (χ3v) is 3.76. The molecule has 0 saturated heterocycles. The normalized spacial score (nSPS) is 11.5. The van der Waals surface area contributed by atoms with Crippen molar-refractivity contribution in [3.8, 4) is 11.3 Å². The summed E-state index contributed by atoms with van der Waals surface area (Å²) in [4.78, 5) is 14.1. The summed E-state index contributed by atoms with van der Waals surface area (Å²) < 4.78 is 0. The van der Waals surface area contributed by atoms with Gasteiger partial charge in [-0.2, -0.15) is 5.10 Å². The third-order valence-electron chi connectivity index (χ3n) is 3.51. The van der Waals surface area contributed by atoms with Crippen molar-refractivity contribution in [2.75, 3.05) is 20.1 Å². The topological polar surface area (TPSA) is 75.0 Å². The molecule has 2 aromatic rings. The van der Waals surface area contributed by atoms with Gasteiger partial charge in [0.1, 0.15) is 5.69 Å². The average Bonchev–Trinajstić information content (AvgIpc) is 2.96. The van der Waals surface area contributed by atoms with Crippen LogP contribution in [0.3, 0.4) is 0 Å². The Morgan fingerprint density at radius 1 is 1.36 bits per heavy atom. The molecule has 22 heavy (non-hydrogen) atoms. The molecule has 0 radical (unpaired) electrons. The third kappa shape index (κ3) is 3.87. The maximum atomic E-state index is 12.4. The number of aromatic nitrogens is 2. The van der Waals surface area contributed by atoms with Crippen molar-refractivity contribution in [2.45, 2.75) is 13.8 Å². The first-order chi connectivity index (χ1) is 10.3. The van der Waals surface area contributed by atoms with Crippen LogP contribution in [-0.2, 0) is 0 Å². The second-order valence-electron chi connectivity index (χ2n) is 6.20. The Hall–Kier alpha value is -1.85. The summed E-state index contributed by atoms with van der Waals surface area (Å²) in [5.74, 6) is -0.103. The zero-order valence-corrected chi connectivity index (χ0v) is 13.8. The Morgan fingerprint density at radius 3 is 2.59 bits per heavy atom. The molecule has 118 valence electrons. The minimum absolute atomic E-state index is 0.103. The number of hydrogen-bond acceptors (Lipinski definition) is 3. The van der Waals surface area contributed by atoms with Gasteiger partial charge in [0.15, 0.2) is 0 Å². The molecule has 1 amide bonds. The molecular formula is C16H21ClN4O. The number of carbonyl (C=O) groups excluding carboxylic acids is 1. The molecule has 2 rings (SSSR count). The van der Waals surface area contributed by atoms with Crippen LogP contribution in [0.5, 0.6) is 0 Å². The molecule has 0 aliphatic heterocycles. The lowest BCUT2D eigenvalue weighted by Gasteiger charge is -2.28. The molecule has 1 heterocycles. The first-order valence-corrected chi connectivity index (χ1v) is 7.47. The summed E-state index contributed by atoms with van der Waals surface area (Å²) in [6, 6.07) is 9.07. The number of aromatic amines is 1. The van der Waals surface area contributed by atoms with Gasteiger partial charge in [0, 0.05) is 24.2 Å². The molecule has 1 aromatic carbocycles. The highest BCUT2D eigenvalue weighted by molar-refractivity contribution is 6.30. The van der Waals surface area contributed by atoms with Crippen LogP contribution in [0.15, 0.2) is 30.3 Å². The van der Waals surface area contributed by atoms with E-state index < -0.39 is 0 Å². The van der Waals surface area contributed by atoms with Gasteiger partial charge in [0.25, 0.3) is 5.91 Å². The zero-order chi connectivity index (χ0) is 16.3. The first-order valence-electron chi connectivity index (χ1n) is 7.09. The van der Waals surface area contributed by atoms with Gasteiger partial charge in [0.2, 0.25) is 0 Å². The first kappa shape index (κ1) is 16.5. The van der Waals surface area contributed by atoms with E-state index in [9.17, 15) is 4.79 Å². The zero-order valence-electron chi connectivity index (χ0n) is 13.1. The molecule has 0 bridgehead atoms.